The summed E-state index contributed by atoms with van der Waals surface area (Å²) < 4.78 is 4.88. The third-order valence-corrected chi connectivity index (χ3v) is 12.8. The Labute approximate surface area is 372 Å². The molecule has 4 nitrogen and oxygen atoms in total. The van der Waals surface area contributed by atoms with Gasteiger partial charge in [0.25, 0.3) is 0 Å². The van der Waals surface area contributed by atoms with Crippen LogP contribution in [0.2, 0.25) is 0 Å². The summed E-state index contributed by atoms with van der Waals surface area (Å²) in [7, 11) is 0. The van der Waals surface area contributed by atoms with Gasteiger partial charge in [-0.3, -0.25) is 0 Å². The fourth-order valence-corrected chi connectivity index (χ4v) is 9.77. The first-order valence-electron chi connectivity index (χ1n) is 21.9. The summed E-state index contributed by atoms with van der Waals surface area (Å²) >= 11 is 0. The van der Waals surface area contributed by atoms with Crippen molar-refractivity contribution < 1.29 is 0 Å². The van der Waals surface area contributed by atoms with E-state index in [0.29, 0.717) is 5.82 Å². The van der Waals surface area contributed by atoms with Crippen LogP contribution in [0.25, 0.3) is 111 Å². The van der Waals surface area contributed by atoms with Gasteiger partial charge < -0.3 is 9.13 Å². The van der Waals surface area contributed by atoms with Gasteiger partial charge in [0.2, 0.25) is 0 Å². The van der Waals surface area contributed by atoms with Crippen LogP contribution in [0, 0.1) is 13.8 Å². The molecule has 64 heavy (non-hydrogen) atoms. The van der Waals surface area contributed by atoms with E-state index in [-0.39, 0.29) is 0 Å². The summed E-state index contributed by atoms with van der Waals surface area (Å²) in [5.41, 5.74) is 19.1. The summed E-state index contributed by atoms with van der Waals surface area (Å²) in [4.78, 5) is 10.2. The molecule has 3 heterocycles. The first-order valence-corrected chi connectivity index (χ1v) is 21.9. The van der Waals surface area contributed by atoms with Crippen molar-refractivity contribution in [3.8, 4) is 67.5 Å². The highest BCUT2D eigenvalue weighted by Gasteiger charge is 2.22. The molecule has 0 saturated heterocycles. The van der Waals surface area contributed by atoms with Gasteiger partial charge in [-0.15, -0.1) is 0 Å². The molecule has 0 fully saturated rings. The van der Waals surface area contributed by atoms with Crippen LogP contribution in [0.4, 0.5) is 0 Å². The fourth-order valence-electron chi connectivity index (χ4n) is 9.77. The Balaban J connectivity index is 1.08. The van der Waals surface area contributed by atoms with Crippen LogP contribution in [0.15, 0.2) is 218 Å². The Kier molecular flexibility index (Phi) is 8.91. The quantitative estimate of drug-likeness (QED) is 0.161. The van der Waals surface area contributed by atoms with Crippen molar-refractivity contribution in [2.45, 2.75) is 13.8 Å². The fraction of sp³-hybridized carbons (Fsp3) is 0.0333. The average molecular weight is 819 g/mol. The molecule has 4 heteroatoms. The van der Waals surface area contributed by atoms with Gasteiger partial charge in [0.1, 0.15) is 0 Å². The standard InChI is InChI=1S/C60H42N4/c1-39-17-16-18-40(2)58(39)64-56-28-15-13-26-49(56)52-37-46(45-33-34-57-51(35-45)48-25-12-14-27-55(48)63(57)47-23-10-5-11-24-47)36-50(59(52)64)41-29-31-43(32-30-41)54-38-53(42-19-6-3-7-20-42)61-60(62-54)44-21-8-4-9-22-44/h3-38H,1-2H3. The number of para-hydroxylation sites is 4. The lowest BCUT2D eigenvalue weighted by molar-refractivity contribution is 1.12. The maximum Gasteiger partial charge on any atom is 0.160 e. The summed E-state index contributed by atoms with van der Waals surface area (Å²) in [6.07, 6.45) is 0. The lowest BCUT2D eigenvalue weighted by Crippen LogP contribution is -2.01. The highest BCUT2D eigenvalue weighted by Crippen LogP contribution is 2.44. The molecular formula is C60H42N4. The van der Waals surface area contributed by atoms with Gasteiger partial charge in [-0.1, -0.05) is 164 Å². The smallest absolute Gasteiger partial charge is 0.160 e. The van der Waals surface area contributed by atoms with E-state index in [4.69, 9.17) is 9.97 Å². The first kappa shape index (κ1) is 37.4. The topological polar surface area (TPSA) is 35.6 Å². The molecule has 302 valence electrons. The Hall–Kier alpha value is -8.34. The van der Waals surface area contributed by atoms with E-state index in [2.05, 4.69) is 217 Å². The Morgan fingerprint density at radius 1 is 0.328 bits per heavy atom. The predicted octanol–water partition coefficient (Wildman–Crippen LogP) is 15.6. The number of hydrogen-bond acceptors (Lipinski definition) is 2. The molecule has 9 aromatic carbocycles. The van der Waals surface area contributed by atoms with E-state index >= 15 is 0 Å². The number of aromatic nitrogens is 4. The van der Waals surface area contributed by atoms with E-state index < -0.39 is 0 Å². The largest absolute Gasteiger partial charge is 0.309 e. The normalized spacial score (nSPS) is 11.6. The molecule has 0 spiro atoms. The van der Waals surface area contributed by atoms with Gasteiger partial charge in [0.05, 0.1) is 39.1 Å². The first-order chi connectivity index (χ1) is 31.6. The third kappa shape index (κ3) is 6.22. The van der Waals surface area contributed by atoms with Gasteiger partial charge in [-0.25, -0.2) is 9.97 Å². The Morgan fingerprint density at radius 3 is 1.50 bits per heavy atom. The number of benzene rings is 9. The molecule has 0 N–H and O–H groups in total. The van der Waals surface area contributed by atoms with Gasteiger partial charge in [-0.05, 0) is 96.3 Å². The monoisotopic (exact) mass is 818 g/mol. The van der Waals surface area contributed by atoms with Crippen molar-refractivity contribution in [1.29, 1.82) is 0 Å². The minimum atomic E-state index is 0.706. The van der Waals surface area contributed by atoms with Crippen LogP contribution >= 0.6 is 0 Å². The second-order valence-corrected chi connectivity index (χ2v) is 16.7. The van der Waals surface area contributed by atoms with Crippen molar-refractivity contribution in [3.63, 3.8) is 0 Å². The molecular weight excluding hydrogens is 777 g/mol. The maximum absolute atomic E-state index is 5.16. The second-order valence-electron chi connectivity index (χ2n) is 16.7. The molecule has 0 atom stereocenters. The molecule has 0 saturated carbocycles. The maximum atomic E-state index is 5.16. The van der Waals surface area contributed by atoms with Crippen LogP contribution in [-0.2, 0) is 0 Å². The minimum Gasteiger partial charge on any atom is -0.309 e. The number of rotatable bonds is 7. The molecule has 0 bridgehead atoms. The van der Waals surface area contributed by atoms with Crippen molar-refractivity contribution in [3.05, 3.63) is 230 Å². The molecule has 0 aliphatic rings. The summed E-state index contributed by atoms with van der Waals surface area (Å²) in [5.74, 6) is 0.706. The number of aryl methyl sites for hydroxylation is 2. The lowest BCUT2D eigenvalue weighted by Gasteiger charge is -2.17. The molecule has 0 aliphatic carbocycles. The molecule has 0 unspecified atom stereocenters. The molecule has 12 rings (SSSR count). The van der Waals surface area contributed by atoms with E-state index in [1.165, 1.54) is 77.1 Å². The minimum absolute atomic E-state index is 0.706. The predicted molar refractivity (Wildman–Crippen MR) is 267 cm³/mol. The third-order valence-electron chi connectivity index (χ3n) is 12.8. The van der Waals surface area contributed by atoms with Crippen LogP contribution in [0.3, 0.4) is 0 Å². The van der Waals surface area contributed by atoms with Gasteiger partial charge in [0.15, 0.2) is 5.82 Å². The molecule has 3 aromatic heterocycles. The van der Waals surface area contributed by atoms with E-state index in [1.807, 2.05) is 24.3 Å². The van der Waals surface area contributed by atoms with Crippen LogP contribution < -0.4 is 0 Å². The Morgan fingerprint density at radius 2 is 0.828 bits per heavy atom. The molecule has 0 amide bonds. The van der Waals surface area contributed by atoms with E-state index in [9.17, 15) is 0 Å². The molecule has 0 aliphatic heterocycles. The summed E-state index contributed by atoms with van der Waals surface area (Å²) in [6, 6.07) is 78.4. The Bertz CT molecular complexity index is 3640. The zero-order valence-electron chi connectivity index (χ0n) is 35.6. The van der Waals surface area contributed by atoms with Gasteiger partial charge >= 0.3 is 0 Å². The zero-order valence-corrected chi connectivity index (χ0v) is 35.6. The summed E-state index contributed by atoms with van der Waals surface area (Å²) in [5, 5.41) is 4.92. The van der Waals surface area contributed by atoms with E-state index in [1.54, 1.807) is 0 Å². The number of nitrogens with zero attached hydrogens (tertiary/aromatic N) is 4. The van der Waals surface area contributed by atoms with Gasteiger partial charge in [0, 0.05) is 49.5 Å². The highest BCUT2D eigenvalue weighted by atomic mass is 15.0. The van der Waals surface area contributed by atoms with Crippen LogP contribution in [0.5, 0.6) is 0 Å². The van der Waals surface area contributed by atoms with Crippen molar-refractivity contribution >= 4 is 43.6 Å². The van der Waals surface area contributed by atoms with E-state index in [0.717, 1.165) is 39.3 Å². The average Bonchev–Trinajstić information content (AvgIpc) is 3.87. The van der Waals surface area contributed by atoms with Gasteiger partial charge in [-0.2, -0.15) is 0 Å². The molecule has 12 aromatic rings. The zero-order chi connectivity index (χ0) is 42.7. The lowest BCUT2D eigenvalue weighted by atomic mass is 9.94. The highest BCUT2D eigenvalue weighted by molar-refractivity contribution is 6.16. The van der Waals surface area contributed by atoms with Crippen LogP contribution in [-0.4, -0.2) is 19.1 Å². The number of fused-ring (bicyclic) bond motifs is 6. The molecule has 0 radical (unpaired) electrons. The second kappa shape index (κ2) is 15.2. The van der Waals surface area contributed by atoms with Crippen molar-refractivity contribution in [2.24, 2.45) is 0 Å². The SMILES string of the molecule is Cc1cccc(C)c1-n1c2ccccc2c2cc(-c3ccc4c(c3)c3ccccc3n4-c3ccccc3)cc(-c3ccc(-c4cc(-c5ccccc5)nc(-c5ccccc5)n4)cc3)c21. The number of hydrogen-bond donors (Lipinski definition) is 0. The summed E-state index contributed by atoms with van der Waals surface area (Å²) in [6.45, 7) is 4.45. The van der Waals surface area contributed by atoms with Crippen molar-refractivity contribution in [2.75, 3.05) is 0 Å². The van der Waals surface area contributed by atoms with Crippen LogP contribution in [0.1, 0.15) is 11.1 Å². The van der Waals surface area contributed by atoms with Crippen molar-refractivity contribution in [1.82, 2.24) is 19.1 Å².